The summed E-state index contributed by atoms with van der Waals surface area (Å²) in [6, 6.07) is 24.4. The molecule has 5 nitrogen and oxygen atoms in total. The quantitative estimate of drug-likeness (QED) is 0.691. The number of carboxylic acid groups (broad SMARTS) is 1. The molecule has 0 aromatic heterocycles. The summed E-state index contributed by atoms with van der Waals surface area (Å²) in [5.41, 5.74) is 4.45. The fourth-order valence-electron chi connectivity index (χ4n) is 2.43. The fourth-order valence-corrected chi connectivity index (χ4v) is 2.43. The van der Waals surface area contributed by atoms with Crippen LogP contribution in [-0.2, 0) is 0 Å². The minimum Gasteiger partial charge on any atom is -0.478 e. The Kier molecular flexibility index (Phi) is 4.76. The largest absolute Gasteiger partial charge is 0.478 e. The van der Waals surface area contributed by atoms with E-state index in [4.69, 9.17) is 0 Å². The first-order valence-corrected chi connectivity index (χ1v) is 7.70. The molecule has 0 aliphatic heterocycles. The van der Waals surface area contributed by atoms with Crippen molar-refractivity contribution in [2.75, 3.05) is 10.4 Å². The van der Waals surface area contributed by atoms with Crippen LogP contribution >= 0.6 is 0 Å². The monoisotopic (exact) mass is 332 g/mol. The molecule has 25 heavy (non-hydrogen) atoms. The van der Waals surface area contributed by atoms with Crippen molar-refractivity contribution < 1.29 is 14.7 Å². The van der Waals surface area contributed by atoms with Gasteiger partial charge in [-0.25, -0.2) is 9.80 Å². The third kappa shape index (κ3) is 3.67. The van der Waals surface area contributed by atoms with E-state index in [0.717, 1.165) is 0 Å². The van der Waals surface area contributed by atoms with Crippen molar-refractivity contribution in [2.45, 2.75) is 0 Å². The van der Waals surface area contributed by atoms with Gasteiger partial charge in [-0.15, -0.1) is 0 Å². The molecule has 0 bridgehead atoms. The zero-order valence-electron chi connectivity index (χ0n) is 13.3. The molecule has 1 amide bonds. The molecule has 0 saturated carbocycles. The lowest BCUT2D eigenvalue weighted by atomic mass is 10.1. The van der Waals surface area contributed by atoms with Crippen LogP contribution < -0.4 is 10.4 Å². The molecule has 0 fully saturated rings. The molecule has 2 N–H and O–H groups in total. The Balaban J connectivity index is 2.03. The van der Waals surface area contributed by atoms with Crippen LogP contribution in [-0.4, -0.2) is 17.0 Å². The number of anilines is 2. The minimum absolute atomic E-state index is 0.0386. The lowest BCUT2D eigenvalue weighted by molar-refractivity contribution is 0.0692. The van der Waals surface area contributed by atoms with Crippen molar-refractivity contribution in [1.29, 1.82) is 0 Å². The van der Waals surface area contributed by atoms with Gasteiger partial charge < -0.3 is 5.11 Å². The van der Waals surface area contributed by atoms with E-state index in [1.165, 1.54) is 17.1 Å². The van der Waals surface area contributed by atoms with Gasteiger partial charge >= 0.3 is 5.97 Å². The molecule has 3 aromatic carbocycles. The molecule has 5 heteroatoms. The molecule has 0 saturated heterocycles. The standard InChI is InChI=1S/C20H16N2O3/c23-19(17-13-7-8-14-18(17)20(24)25)22(16-11-5-2-6-12-16)21-15-9-3-1-4-10-15/h1-14,21H,(H,24,25). The Morgan fingerprint density at radius 2 is 1.24 bits per heavy atom. The summed E-state index contributed by atoms with van der Waals surface area (Å²) in [4.78, 5) is 24.5. The van der Waals surface area contributed by atoms with Gasteiger partial charge in [-0.1, -0.05) is 48.5 Å². The van der Waals surface area contributed by atoms with Crippen LogP contribution in [0.25, 0.3) is 0 Å². The molecule has 0 radical (unpaired) electrons. The summed E-state index contributed by atoms with van der Waals surface area (Å²) in [5.74, 6) is -1.59. The highest BCUT2D eigenvalue weighted by Gasteiger charge is 2.23. The molecular weight excluding hydrogens is 316 g/mol. The second kappa shape index (κ2) is 7.31. The fraction of sp³-hybridized carbons (Fsp3) is 0. The number of hydrogen-bond acceptors (Lipinski definition) is 3. The molecule has 124 valence electrons. The molecule has 0 atom stereocenters. The SMILES string of the molecule is O=C(O)c1ccccc1C(=O)N(Nc1ccccc1)c1ccccc1. The Morgan fingerprint density at radius 3 is 1.84 bits per heavy atom. The Morgan fingerprint density at radius 1 is 0.720 bits per heavy atom. The number of carbonyl (C=O) groups is 2. The van der Waals surface area contributed by atoms with E-state index in [1.54, 1.807) is 24.3 Å². The summed E-state index contributed by atoms with van der Waals surface area (Å²) in [6.45, 7) is 0. The van der Waals surface area contributed by atoms with E-state index in [1.807, 2.05) is 48.5 Å². The topological polar surface area (TPSA) is 69.6 Å². The molecule has 0 spiro atoms. The van der Waals surface area contributed by atoms with Crippen LogP contribution in [0, 0.1) is 0 Å². The second-order valence-corrected chi connectivity index (χ2v) is 5.30. The number of hydrazine groups is 1. The number of carbonyl (C=O) groups excluding carboxylic acids is 1. The van der Waals surface area contributed by atoms with Crippen LogP contribution in [0.1, 0.15) is 20.7 Å². The van der Waals surface area contributed by atoms with E-state index >= 15 is 0 Å². The highest BCUT2D eigenvalue weighted by Crippen LogP contribution is 2.20. The van der Waals surface area contributed by atoms with Gasteiger partial charge in [-0.05, 0) is 36.4 Å². The average Bonchev–Trinajstić information content (AvgIpc) is 2.67. The summed E-state index contributed by atoms with van der Waals surface area (Å²) in [5, 5.41) is 10.7. The van der Waals surface area contributed by atoms with Crippen molar-refractivity contribution in [2.24, 2.45) is 0 Å². The van der Waals surface area contributed by atoms with Gasteiger partial charge in [-0.2, -0.15) is 0 Å². The first kappa shape index (κ1) is 16.3. The zero-order valence-corrected chi connectivity index (χ0v) is 13.3. The molecule has 0 aliphatic rings. The maximum atomic E-state index is 13.1. The average molecular weight is 332 g/mol. The Labute approximate surface area is 145 Å². The van der Waals surface area contributed by atoms with E-state index < -0.39 is 11.9 Å². The smallest absolute Gasteiger partial charge is 0.336 e. The summed E-state index contributed by atoms with van der Waals surface area (Å²) in [6.07, 6.45) is 0. The number of carboxylic acids is 1. The van der Waals surface area contributed by atoms with E-state index in [-0.39, 0.29) is 11.1 Å². The van der Waals surface area contributed by atoms with E-state index in [0.29, 0.717) is 11.4 Å². The van der Waals surface area contributed by atoms with Crippen molar-refractivity contribution in [1.82, 2.24) is 0 Å². The summed E-state index contributed by atoms with van der Waals surface area (Å²) < 4.78 is 0. The van der Waals surface area contributed by atoms with Gasteiger partial charge in [0.05, 0.1) is 22.5 Å². The molecule has 3 aromatic rings. The third-order valence-corrected chi connectivity index (χ3v) is 3.62. The molecule has 0 heterocycles. The van der Waals surface area contributed by atoms with Crippen LogP contribution in [0.4, 0.5) is 11.4 Å². The van der Waals surface area contributed by atoms with Gasteiger partial charge in [0.2, 0.25) is 0 Å². The van der Waals surface area contributed by atoms with Crippen LogP contribution in [0.3, 0.4) is 0 Å². The molecule has 0 unspecified atom stereocenters. The normalized spacial score (nSPS) is 10.1. The summed E-state index contributed by atoms with van der Waals surface area (Å²) in [7, 11) is 0. The Hall–Kier alpha value is -3.60. The van der Waals surface area contributed by atoms with E-state index in [2.05, 4.69) is 5.43 Å². The van der Waals surface area contributed by atoms with Crippen molar-refractivity contribution in [3.05, 3.63) is 96.1 Å². The zero-order chi connectivity index (χ0) is 17.6. The maximum Gasteiger partial charge on any atom is 0.336 e. The number of nitrogens with one attached hydrogen (secondary N) is 1. The number of hydrogen-bond donors (Lipinski definition) is 2. The highest BCUT2D eigenvalue weighted by molar-refractivity contribution is 6.12. The number of rotatable bonds is 5. The molecular formula is C20H16N2O3. The second-order valence-electron chi connectivity index (χ2n) is 5.30. The first-order valence-electron chi connectivity index (χ1n) is 7.70. The van der Waals surface area contributed by atoms with Crippen LogP contribution in [0.15, 0.2) is 84.9 Å². The van der Waals surface area contributed by atoms with Gasteiger partial charge in [0, 0.05) is 0 Å². The lowest BCUT2D eigenvalue weighted by Gasteiger charge is -2.25. The molecule has 0 aliphatic carbocycles. The number of benzene rings is 3. The van der Waals surface area contributed by atoms with Gasteiger partial charge in [-0.3, -0.25) is 10.2 Å². The number of para-hydroxylation sites is 2. The Bertz CT molecular complexity index is 880. The van der Waals surface area contributed by atoms with Gasteiger partial charge in [0.15, 0.2) is 0 Å². The van der Waals surface area contributed by atoms with Crippen molar-refractivity contribution in [3.63, 3.8) is 0 Å². The highest BCUT2D eigenvalue weighted by atomic mass is 16.4. The van der Waals surface area contributed by atoms with Crippen molar-refractivity contribution >= 4 is 23.3 Å². The van der Waals surface area contributed by atoms with E-state index in [9.17, 15) is 14.7 Å². The van der Waals surface area contributed by atoms with Crippen molar-refractivity contribution in [3.8, 4) is 0 Å². The predicted octanol–water partition coefficient (Wildman–Crippen LogP) is 4.06. The summed E-state index contributed by atoms with van der Waals surface area (Å²) >= 11 is 0. The third-order valence-electron chi connectivity index (χ3n) is 3.62. The predicted molar refractivity (Wildman–Crippen MR) is 96.7 cm³/mol. The lowest BCUT2D eigenvalue weighted by Crippen LogP contribution is -2.37. The number of nitrogens with zero attached hydrogens (tertiary/aromatic N) is 1. The maximum absolute atomic E-state index is 13.1. The molecule has 3 rings (SSSR count). The van der Waals surface area contributed by atoms with Gasteiger partial charge in [0.25, 0.3) is 5.91 Å². The number of aromatic carboxylic acids is 1. The number of amides is 1. The first-order chi connectivity index (χ1) is 12.2. The van der Waals surface area contributed by atoms with Gasteiger partial charge in [0.1, 0.15) is 0 Å². The van der Waals surface area contributed by atoms with Crippen LogP contribution in [0.5, 0.6) is 0 Å². The minimum atomic E-state index is -1.14. The van der Waals surface area contributed by atoms with Crippen LogP contribution in [0.2, 0.25) is 0 Å².